The molecule has 0 saturated heterocycles. The lowest BCUT2D eigenvalue weighted by atomic mass is 10.0. The minimum Gasteiger partial charge on any atom is -0.461 e. The second-order valence-corrected chi connectivity index (χ2v) is 5.48. The fraction of sp³-hybridized carbons (Fsp3) is 0.400. The Morgan fingerprint density at radius 2 is 2.27 bits per heavy atom. The van der Waals surface area contributed by atoms with E-state index in [4.69, 9.17) is 8.94 Å². The first-order chi connectivity index (χ1) is 10.7. The first-order valence-electron chi connectivity index (χ1n) is 7.28. The molecule has 0 aliphatic heterocycles. The molecule has 1 N–H and O–H groups in total. The van der Waals surface area contributed by atoms with Crippen molar-refractivity contribution in [1.82, 2.24) is 25.0 Å². The van der Waals surface area contributed by atoms with Crippen LogP contribution in [-0.2, 0) is 13.1 Å². The highest BCUT2D eigenvalue weighted by Gasteiger charge is 2.16. The lowest BCUT2D eigenvalue weighted by Crippen LogP contribution is -2.37. The van der Waals surface area contributed by atoms with Crippen molar-refractivity contribution in [2.45, 2.75) is 33.0 Å². The number of rotatable bonds is 7. The number of hydrogen-bond acceptors (Lipinski definition) is 6. The summed E-state index contributed by atoms with van der Waals surface area (Å²) in [7, 11) is 0. The third-order valence-corrected chi connectivity index (χ3v) is 3.50. The molecule has 0 amide bonds. The van der Waals surface area contributed by atoms with E-state index in [1.54, 1.807) is 24.6 Å². The predicted octanol–water partition coefficient (Wildman–Crippen LogP) is 2.34. The molecule has 3 rings (SSSR count). The Morgan fingerprint density at radius 1 is 1.36 bits per heavy atom. The predicted molar refractivity (Wildman–Crippen MR) is 79.7 cm³/mol. The maximum absolute atomic E-state index is 5.25. The van der Waals surface area contributed by atoms with E-state index in [0.29, 0.717) is 29.9 Å². The Kier molecular flexibility index (Phi) is 4.34. The highest BCUT2D eigenvalue weighted by molar-refractivity contribution is 5.44. The molecule has 7 heteroatoms. The van der Waals surface area contributed by atoms with Gasteiger partial charge in [-0.25, -0.2) is 4.98 Å². The van der Waals surface area contributed by atoms with Gasteiger partial charge in [0, 0.05) is 25.0 Å². The SMILES string of the molecule is CC(C)[C@@H](Cn1ccnc1)NCc1nc(-c2ccco2)no1. The third kappa shape index (κ3) is 3.43. The molecular weight excluding hydrogens is 282 g/mol. The molecule has 0 aromatic carbocycles. The van der Waals surface area contributed by atoms with Crippen molar-refractivity contribution < 1.29 is 8.94 Å². The van der Waals surface area contributed by atoms with Gasteiger partial charge >= 0.3 is 0 Å². The first kappa shape index (κ1) is 14.5. The van der Waals surface area contributed by atoms with Crippen molar-refractivity contribution in [2.24, 2.45) is 5.92 Å². The van der Waals surface area contributed by atoms with Crippen LogP contribution in [0.4, 0.5) is 0 Å². The summed E-state index contributed by atoms with van der Waals surface area (Å²) in [5, 5.41) is 7.38. The van der Waals surface area contributed by atoms with Crippen LogP contribution in [0.5, 0.6) is 0 Å². The van der Waals surface area contributed by atoms with Gasteiger partial charge in [-0.05, 0) is 18.1 Å². The molecule has 0 unspecified atom stereocenters. The van der Waals surface area contributed by atoms with E-state index in [2.05, 4.69) is 38.9 Å². The van der Waals surface area contributed by atoms with Gasteiger partial charge in [-0.2, -0.15) is 4.98 Å². The van der Waals surface area contributed by atoms with Crippen LogP contribution in [0.3, 0.4) is 0 Å². The molecule has 0 spiro atoms. The molecule has 0 aliphatic carbocycles. The van der Waals surface area contributed by atoms with Gasteiger partial charge in [0.2, 0.25) is 11.7 Å². The first-order valence-corrected chi connectivity index (χ1v) is 7.28. The fourth-order valence-corrected chi connectivity index (χ4v) is 2.18. The Labute approximate surface area is 128 Å². The number of aromatic nitrogens is 4. The molecule has 0 aliphatic rings. The van der Waals surface area contributed by atoms with E-state index >= 15 is 0 Å². The second kappa shape index (κ2) is 6.57. The summed E-state index contributed by atoms with van der Waals surface area (Å²) in [4.78, 5) is 8.40. The van der Waals surface area contributed by atoms with Crippen molar-refractivity contribution in [2.75, 3.05) is 0 Å². The van der Waals surface area contributed by atoms with E-state index in [0.717, 1.165) is 6.54 Å². The molecule has 1 atom stereocenters. The van der Waals surface area contributed by atoms with Gasteiger partial charge < -0.3 is 18.8 Å². The molecule has 3 aromatic rings. The molecule has 7 nitrogen and oxygen atoms in total. The largest absolute Gasteiger partial charge is 0.461 e. The van der Waals surface area contributed by atoms with Crippen molar-refractivity contribution in [1.29, 1.82) is 0 Å². The Morgan fingerprint density at radius 3 is 2.95 bits per heavy atom. The molecule has 3 heterocycles. The van der Waals surface area contributed by atoms with Crippen LogP contribution >= 0.6 is 0 Å². The summed E-state index contributed by atoms with van der Waals surface area (Å²) in [6, 6.07) is 3.88. The maximum Gasteiger partial charge on any atom is 0.241 e. The number of nitrogens with zero attached hydrogens (tertiary/aromatic N) is 4. The molecule has 22 heavy (non-hydrogen) atoms. The Balaban J connectivity index is 1.60. The highest BCUT2D eigenvalue weighted by Crippen LogP contribution is 2.16. The fourth-order valence-electron chi connectivity index (χ4n) is 2.18. The lowest BCUT2D eigenvalue weighted by molar-refractivity contribution is 0.315. The Bertz CT molecular complexity index is 673. The molecule has 0 bridgehead atoms. The van der Waals surface area contributed by atoms with Crippen LogP contribution < -0.4 is 5.32 Å². The average Bonchev–Trinajstić information content (AvgIpc) is 3.23. The zero-order valence-electron chi connectivity index (χ0n) is 12.6. The quantitative estimate of drug-likeness (QED) is 0.721. The minimum atomic E-state index is 0.285. The molecule has 0 saturated carbocycles. The minimum absolute atomic E-state index is 0.285. The van der Waals surface area contributed by atoms with Gasteiger partial charge in [0.05, 0.1) is 19.1 Å². The number of furan rings is 1. The van der Waals surface area contributed by atoms with Crippen LogP contribution in [-0.4, -0.2) is 25.7 Å². The van der Waals surface area contributed by atoms with Crippen LogP contribution in [0, 0.1) is 5.92 Å². The van der Waals surface area contributed by atoms with Crippen LogP contribution in [0.1, 0.15) is 19.7 Å². The summed E-state index contributed by atoms with van der Waals surface area (Å²) < 4.78 is 12.6. The van der Waals surface area contributed by atoms with Gasteiger partial charge in [-0.15, -0.1) is 0 Å². The van der Waals surface area contributed by atoms with E-state index in [-0.39, 0.29) is 6.04 Å². The van der Waals surface area contributed by atoms with Gasteiger partial charge in [-0.3, -0.25) is 0 Å². The van der Waals surface area contributed by atoms with Crippen molar-refractivity contribution in [3.8, 4) is 11.6 Å². The Hall–Kier alpha value is -2.41. The summed E-state index contributed by atoms with van der Waals surface area (Å²) in [6.45, 7) is 5.72. The zero-order valence-corrected chi connectivity index (χ0v) is 12.6. The average molecular weight is 301 g/mol. The summed E-state index contributed by atoms with van der Waals surface area (Å²) in [5.41, 5.74) is 0. The maximum atomic E-state index is 5.25. The van der Waals surface area contributed by atoms with Crippen LogP contribution in [0.25, 0.3) is 11.6 Å². The lowest BCUT2D eigenvalue weighted by Gasteiger charge is -2.22. The monoisotopic (exact) mass is 301 g/mol. The summed E-state index contributed by atoms with van der Waals surface area (Å²) in [5.74, 6) is 2.09. The van der Waals surface area contributed by atoms with Gasteiger partial charge in [0.1, 0.15) is 0 Å². The van der Waals surface area contributed by atoms with E-state index in [1.165, 1.54) is 0 Å². The number of nitrogens with one attached hydrogen (secondary N) is 1. The van der Waals surface area contributed by atoms with Crippen molar-refractivity contribution in [3.63, 3.8) is 0 Å². The summed E-state index contributed by atoms with van der Waals surface area (Å²) >= 11 is 0. The smallest absolute Gasteiger partial charge is 0.241 e. The van der Waals surface area contributed by atoms with E-state index in [9.17, 15) is 0 Å². The van der Waals surface area contributed by atoms with Crippen LogP contribution in [0.15, 0.2) is 46.1 Å². The van der Waals surface area contributed by atoms with Gasteiger partial charge in [0.25, 0.3) is 0 Å². The van der Waals surface area contributed by atoms with E-state index in [1.807, 2.05) is 12.5 Å². The second-order valence-electron chi connectivity index (χ2n) is 5.48. The van der Waals surface area contributed by atoms with Gasteiger partial charge in [0.15, 0.2) is 5.76 Å². The third-order valence-electron chi connectivity index (χ3n) is 3.50. The molecule has 3 aromatic heterocycles. The van der Waals surface area contributed by atoms with Crippen LogP contribution in [0.2, 0.25) is 0 Å². The van der Waals surface area contributed by atoms with E-state index < -0.39 is 0 Å². The highest BCUT2D eigenvalue weighted by atomic mass is 16.5. The molecule has 0 radical (unpaired) electrons. The van der Waals surface area contributed by atoms with Crippen molar-refractivity contribution in [3.05, 3.63) is 43.0 Å². The summed E-state index contributed by atoms with van der Waals surface area (Å²) in [6.07, 6.45) is 7.14. The topological polar surface area (TPSA) is 81.9 Å². The number of hydrogen-bond donors (Lipinski definition) is 1. The van der Waals surface area contributed by atoms with Gasteiger partial charge in [-0.1, -0.05) is 19.0 Å². The van der Waals surface area contributed by atoms with Crippen molar-refractivity contribution >= 4 is 0 Å². The number of imidazole rings is 1. The molecule has 0 fully saturated rings. The standard InChI is InChI=1S/C15H19N5O2/c1-11(2)12(9-20-6-5-16-10-20)17-8-14-18-15(19-22-14)13-4-3-7-21-13/h3-7,10-12,17H,8-9H2,1-2H3/t12-/m1/s1. The molecule has 116 valence electrons. The normalized spacial score (nSPS) is 12.9. The molecular formula is C15H19N5O2. The zero-order chi connectivity index (χ0) is 15.4.